The summed E-state index contributed by atoms with van der Waals surface area (Å²) in [6.45, 7) is 8.54. The van der Waals surface area contributed by atoms with Crippen molar-refractivity contribution >= 4 is 27.5 Å². The maximum atomic E-state index is 4.46. The molecule has 0 aromatic carbocycles. The molecule has 110 valence electrons. The van der Waals surface area contributed by atoms with E-state index in [0.717, 1.165) is 20.7 Å². The van der Waals surface area contributed by atoms with Gasteiger partial charge in [-0.2, -0.15) is 5.10 Å². The molecule has 0 saturated heterocycles. The maximum Gasteiger partial charge on any atom is 0.0886 e. The van der Waals surface area contributed by atoms with Crippen molar-refractivity contribution in [2.24, 2.45) is 0 Å². The van der Waals surface area contributed by atoms with Crippen LogP contribution in [0.15, 0.2) is 10.7 Å². The molecule has 1 N–H and O–H groups in total. The number of halogens is 1. The standard InChI is InChI=1S/C13H20BrN5S/c1-7(2)10-13(20-18-17-10)11(15-5)12-9(14)6-16-19(12)8(3)4/h6-8,11,15H,1-5H3. The molecule has 5 nitrogen and oxygen atoms in total. The predicted octanol–water partition coefficient (Wildman–Crippen LogP) is 3.51. The van der Waals surface area contributed by atoms with E-state index in [0.29, 0.717) is 12.0 Å². The minimum Gasteiger partial charge on any atom is -0.307 e. The van der Waals surface area contributed by atoms with Gasteiger partial charge in [0.2, 0.25) is 0 Å². The zero-order chi connectivity index (χ0) is 14.9. The van der Waals surface area contributed by atoms with Gasteiger partial charge in [0, 0.05) is 6.04 Å². The molecule has 2 heterocycles. The van der Waals surface area contributed by atoms with Crippen molar-refractivity contribution in [2.75, 3.05) is 7.05 Å². The molecule has 2 aromatic heterocycles. The van der Waals surface area contributed by atoms with E-state index >= 15 is 0 Å². The molecule has 0 saturated carbocycles. The molecule has 0 fully saturated rings. The van der Waals surface area contributed by atoms with E-state index < -0.39 is 0 Å². The number of hydrogen-bond acceptors (Lipinski definition) is 5. The van der Waals surface area contributed by atoms with Crippen LogP contribution in [0.25, 0.3) is 0 Å². The number of rotatable bonds is 5. The smallest absolute Gasteiger partial charge is 0.0886 e. The predicted molar refractivity (Wildman–Crippen MR) is 85.2 cm³/mol. The highest BCUT2D eigenvalue weighted by molar-refractivity contribution is 9.10. The van der Waals surface area contributed by atoms with Crippen LogP contribution in [0.3, 0.4) is 0 Å². The van der Waals surface area contributed by atoms with Gasteiger partial charge in [-0.1, -0.05) is 18.3 Å². The first-order valence-electron chi connectivity index (χ1n) is 6.69. The third-order valence-corrected chi connectivity index (χ3v) is 4.60. The van der Waals surface area contributed by atoms with Gasteiger partial charge in [-0.25, -0.2) is 0 Å². The maximum absolute atomic E-state index is 4.46. The van der Waals surface area contributed by atoms with Crippen LogP contribution >= 0.6 is 27.5 Å². The summed E-state index contributed by atoms with van der Waals surface area (Å²) in [6, 6.07) is 0.349. The van der Waals surface area contributed by atoms with E-state index in [4.69, 9.17) is 0 Å². The van der Waals surface area contributed by atoms with E-state index in [-0.39, 0.29) is 6.04 Å². The molecule has 2 aromatic rings. The van der Waals surface area contributed by atoms with Gasteiger partial charge in [0.1, 0.15) is 0 Å². The number of nitrogens with one attached hydrogen (secondary N) is 1. The van der Waals surface area contributed by atoms with Crippen molar-refractivity contribution in [3.8, 4) is 0 Å². The molecular formula is C13H20BrN5S. The van der Waals surface area contributed by atoms with Crippen molar-refractivity contribution in [1.29, 1.82) is 0 Å². The van der Waals surface area contributed by atoms with Crippen LogP contribution in [0.2, 0.25) is 0 Å². The summed E-state index contributed by atoms with van der Waals surface area (Å²) in [6.07, 6.45) is 1.85. The second-order valence-electron chi connectivity index (χ2n) is 5.31. The molecule has 0 aliphatic heterocycles. The van der Waals surface area contributed by atoms with Crippen LogP contribution in [0.4, 0.5) is 0 Å². The summed E-state index contributed by atoms with van der Waals surface area (Å²) in [5.41, 5.74) is 2.17. The Morgan fingerprint density at radius 2 is 2.00 bits per heavy atom. The quantitative estimate of drug-likeness (QED) is 0.889. The van der Waals surface area contributed by atoms with Crippen LogP contribution in [-0.2, 0) is 0 Å². The first kappa shape index (κ1) is 15.6. The average molecular weight is 358 g/mol. The van der Waals surface area contributed by atoms with Gasteiger partial charge < -0.3 is 5.32 Å². The molecule has 0 radical (unpaired) electrons. The Balaban J connectivity index is 2.53. The Morgan fingerprint density at radius 1 is 1.30 bits per heavy atom. The lowest BCUT2D eigenvalue weighted by Gasteiger charge is -2.20. The van der Waals surface area contributed by atoms with Gasteiger partial charge in [0.05, 0.1) is 33.0 Å². The van der Waals surface area contributed by atoms with Gasteiger partial charge in [0.15, 0.2) is 0 Å². The third kappa shape index (κ3) is 2.80. The SMILES string of the molecule is CNC(c1snnc1C(C)C)c1c(Br)cnn1C(C)C. The first-order valence-corrected chi connectivity index (χ1v) is 8.26. The fourth-order valence-electron chi connectivity index (χ4n) is 2.23. The second-order valence-corrected chi connectivity index (χ2v) is 6.95. The lowest BCUT2D eigenvalue weighted by atomic mass is 10.0. The zero-order valence-electron chi connectivity index (χ0n) is 12.4. The Hall–Kier alpha value is -0.790. The highest BCUT2D eigenvalue weighted by atomic mass is 79.9. The highest BCUT2D eigenvalue weighted by Gasteiger charge is 2.27. The van der Waals surface area contributed by atoms with E-state index in [9.17, 15) is 0 Å². The summed E-state index contributed by atoms with van der Waals surface area (Å²) < 4.78 is 7.18. The number of nitrogens with zero attached hydrogens (tertiary/aromatic N) is 4. The molecule has 7 heteroatoms. The van der Waals surface area contributed by atoms with Gasteiger partial charge in [-0.3, -0.25) is 4.68 Å². The lowest BCUT2D eigenvalue weighted by molar-refractivity contribution is 0.483. The number of aromatic nitrogens is 4. The van der Waals surface area contributed by atoms with Gasteiger partial charge in [-0.15, -0.1) is 5.10 Å². The monoisotopic (exact) mass is 357 g/mol. The largest absolute Gasteiger partial charge is 0.307 e. The van der Waals surface area contributed by atoms with E-state index in [1.165, 1.54) is 11.5 Å². The summed E-state index contributed by atoms with van der Waals surface area (Å²) >= 11 is 5.07. The molecule has 2 rings (SSSR count). The normalized spacial score (nSPS) is 13.4. The fourth-order valence-corrected chi connectivity index (χ4v) is 3.65. The Labute approximate surface area is 132 Å². The summed E-state index contributed by atoms with van der Waals surface area (Å²) in [4.78, 5) is 1.16. The molecular weight excluding hydrogens is 338 g/mol. The first-order chi connectivity index (χ1) is 9.47. The topological polar surface area (TPSA) is 55.6 Å². The molecule has 0 amide bonds. The van der Waals surface area contributed by atoms with Crippen molar-refractivity contribution in [3.63, 3.8) is 0 Å². The van der Waals surface area contributed by atoms with Gasteiger partial charge in [0.25, 0.3) is 0 Å². The summed E-state index contributed by atoms with van der Waals surface area (Å²) in [5.74, 6) is 0.355. The van der Waals surface area contributed by atoms with E-state index in [1.54, 1.807) is 0 Å². The van der Waals surface area contributed by atoms with Crippen LogP contribution in [-0.4, -0.2) is 26.4 Å². The van der Waals surface area contributed by atoms with Crippen molar-refractivity contribution in [2.45, 2.75) is 45.7 Å². The molecule has 0 aliphatic carbocycles. The molecule has 0 spiro atoms. The minimum absolute atomic E-state index is 0.0478. The Kier molecular flexibility index (Phi) is 4.93. The van der Waals surface area contributed by atoms with Crippen molar-refractivity contribution < 1.29 is 0 Å². The molecule has 0 aliphatic rings. The van der Waals surface area contributed by atoms with Crippen molar-refractivity contribution in [3.05, 3.63) is 26.9 Å². The molecule has 20 heavy (non-hydrogen) atoms. The van der Waals surface area contributed by atoms with Crippen LogP contribution in [0.5, 0.6) is 0 Å². The van der Waals surface area contributed by atoms with Gasteiger partial charge in [-0.05, 0) is 54.3 Å². The summed E-state index contributed by atoms with van der Waals surface area (Å²) in [5, 5.41) is 12.1. The zero-order valence-corrected chi connectivity index (χ0v) is 14.8. The molecule has 0 bridgehead atoms. The number of hydrogen-bond donors (Lipinski definition) is 1. The molecule has 1 atom stereocenters. The third-order valence-electron chi connectivity index (χ3n) is 3.19. The average Bonchev–Trinajstić information content (AvgIpc) is 2.99. The summed E-state index contributed by atoms with van der Waals surface area (Å²) in [7, 11) is 1.96. The van der Waals surface area contributed by atoms with E-state index in [2.05, 4.69) is 63.6 Å². The van der Waals surface area contributed by atoms with Crippen LogP contribution in [0, 0.1) is 0 Å². The van der Waals surface area contributed by atoms with E-state index in [1.807, 2.05) is 17.9 Å². The second kappa shape index (κ2) is 6.32. The highest BCUT2D eigenvalue weighted by Crippen LogP contribution is 2.35. The molecule has 1 unspecified atom stereocenters. The van der Waals surface area contributed by atoms with Crippen molar-refractivity contribution in [1.82, 2.24) is 24.7 Å². The van der Waals surface area contributed by atoms with Crippen LogP contribution < -0.4 is 5.32 Å². The fraction of sp³-hybridized carbons (Fsp3) is 0.615. The van der Waals surface area contributed by atoms with Crippen LogP contribution in [0.1, 0.15) is 62.0 Å². The lowest BCUT2D eigenvalue weighted by Crippen LogP contribution is -2.23. The minimum atomic E-state index is 0.0478. The Bertz CT molecular complexity index is 575. The Morgan fingerprint density at radius 3 is 2.55 bits per heavy atom. The van der Waals surface area contributed by atoms with Gasteiger partial charge >= 0.3 is 0 Å².